The van der Waals surface area contributed by atoms with E-state index in [0.29, 0.717) is 5.92 Å². The molecule has 0 saturated heterocycles. The van der Waals surface area contributed by atoms with Crippen molar-refractivity contribution in [2.75, 3.05) is 5.73 Å². The van der Waals surface area contributed by atoms with E-state index < -0.39 is 0 Å². The molecular formula is C16H22N4. The van der Waals surface area contributed by atoms with Crippen LogP contribution in [0.1, 0.15) is 55.2 Å². The first-order valence-corrected chi connectivity index (χ1v) is 7.57. The van der Waals surface area contributed by atoms with Crippen LogP contribution < -0.4 is 5.73 Å². The molecule has 3 rings (SSSR count). The molecule has 106 valence electrons. The van der Waals surface area contributed by atoms with Gasteiger partial charge in [-0.1, -0.05) is 31.4 Å². The van der Waals surface area contributed by atoms with Gasteiger partial charge in [0.2, 0.25) is 0 Å². The second-order valence-electron chi connectivity index (χ2n) is 5.72. The Morgan fingerprint density at radius 2 is 2.00 bits per heavy atom. The Kier molecular flexibility index (Phi) is 4.00. The number of nitrogens with one attached hydrogen (secondary N) is 1. The number of hydrogen-bond donors (Lipinski definition) is 2. The lowest BCUT2D eigenvalue weighted by Crippen LogP contribution is -2.06. The number of rotatable bonds is 4. The first-order valence-electron chi connectivity index (χ1n) is 7.57. The molecule has 4 heteroatoms. The standard InChI is InChI=1S/C16H22N4/c17-14-8-4-5-12(11-14)9-10-15-18-16(20-19-15)13-6-2-1-3-7-13/h4-5,8,11,13H,1-3,6-7,9-10,17H2,(H,18,19,20). The van der Waals surface area contributed by atoms with Crippen molar-refractivity contribution in [3.05, 3.63) is 41.5 Å². The molecule has 0 bridgehead atoms. The maximum absolute atomic E-state index is 5.79. The summed E-state index contributed by atoms with van der Waals surface area (Å²) in [6.07, 6.45) is 8.32. The third-order valence-corrected chi connectivity index (χ3v) is 4.12. The Labute approximate surface area is 119 Å². The number of anilines is 1. The lowest BCUT2D eigenvalue weighted by Gasteiger charge is -2.18. The van der Waals surface area contributed by atoms with Crippen LogP contribution in [0.25, 0.3) is 0 Å². The smallest absolute Gasteiger partial charge is 0.153 e. The fourth-order valence-corrected chi connectivity index (χ4v) is 2.98. The number of aromatic amines is 1. The van der Waals surface area contributed by atoms with Gasteiger partial charge in [0.1, 0.15) is 5.82 Å². The summed E-state index contributed by atoms with van der Waals surface area (Å²) in [7, 11) is 0. The van der Waals surface area contributed by atoms with Crippen LogP contribution in [-0.2, 0) is 12.8 Å². The molecule has 4 nitrogen and oxygen atoms in total. The number of nitrogens with zero attached hydrogens (tertiary/aromatic N) is 2. The van der Waals surface area contributed by atoms with E-state index in [0.717, 1.165) is 30.2 Å². The SMILES string of the molecule is Nc1cccc(CCc2nc(C3CCCCC3)n[nH]2)c1. The maximum atomic E-state index is 5.79. The highest BCUT2D eigenvalue weighted by atomic mass is 15.2. The molecule has 2 aromatic rings. The lowest BCUT2D eigenvalue weighted by molar-refractivity contribution is 0.429. The Balaban J connectivity index is 1.59. The number of nitrogens with two attached hydrogens (primary N) is 1. The second-order valence-corrected chi connectivity index (χ2v) is 5.72. The zero-order valence-electron chi connectivity index (χ0n) is 11.8. The van der Waals surface area contributed by atoms with E-state index in [1.54, 1.807) is 0 Å². The highest BCUT2D eigenvalue weighted by Crippen LogP contribution is 2.30. The van der Waals surface area contributed by atoms with Crippen molar-refractivity contribution in [2.45, 2.75) is 50.9 Å². The average Bonchev–Trinajstić information content (AvgIpc) is 2.95. The van der Waals surface area contributed by atoms with Crippen molar-refractivity contribution in [1.82, 2.24) is 15.2 Å². The molecule has 0 atom stereocenters. The van der Waals surface area contributed by atoms with Crippen LogP contribution in [0.3, 0.4) is 0 Å². The molecule has 1 fully saturated rings. The van der Waals surface area contributed by atoms with Crippen molar-refractivity contribution in [3.63, 3.8) is 0 Å². The number of aryl methyl sites for hydroxylation is 2. The highest BCUT2D eigenvalue weighted by molar-refractivity contribution is 5.40. The number of hydrogen-bond acceptors (Lipinski definition) is 3. The minimum Gasteiger partial charge on any atom is -0.399 e. The van der Waals surface area contributed by atoms with Gasteiger partial charge in [0, 0.05) is 18.0 Å². The lowest BCUT2D eigenvalue weighted by atomic mass is 9.89. The van der Waals surface area contributed by atoms with Crippen molar-refractivity contribution in [1.29, 1.82) is 0 Å². The van der Waals surface area contributed by atoms with Crippen molar-refractivity contribution in [2.24, 2.45) is 0 Å². The summed E-state index contributed by atoms with van der Waals surface area (Å²) in [6.45, 7) is 0. The topological polar surface area (TPSA) is 67.6 Å². The van der Waals surface area contributed by atoms with Gasteiger partial charge < -0.3 is 5.73 Å². The molecule has 1 aliphatic carbocycles. The molecule has 1 aromatic heterocycles. The van der Waals surface area contributed by atoms with Crippen LogP contribution in [0.5, 0.6) is 0 Å². The van der Waals surface area contributed by atoms with E-state index >= 15 is 0 Å². The first kappa shape index (κ1) is 13.2. The Morgan fingerprint density at radius 3 is 2.80 bits per heavy atom. The summed E-state index contributed by atoms with van der Waals surface area (Å²) >= 11 is 0. The molecule has 0 amide bonds. The minimum atomic E-state index is 0.570. The Bertz CT molecular complexity index is 555. The summed E-state index contributed by atoms with van der Waals surface area (Å²) in [4.78, 5) is 4.67. The van der Waals surface area contributed by atoms with E-state index in [2.05, 4.69) is 21.2 Å². The van der Waals surface area contributed by atoms with Crippen LogP contribution in [0.15, 0.2) is 24.3 Å². The molecule has 20 heavy (non-hydrogen) atoms. The summed E-state index contributed by atoms with van der Waals surface area (Å²) in [6, 6.07) is 8.05. The van der Waals surface area contributed by atoms with Gasteiger partial charge in [-0.2, -0.15) is 5.10 Å². The number of H-pyrrole nitrogens is 1. The molecule has 0 radical (unpaired) electrons. The van der Waals surface area contributed by atoms with E-state index in [9.17, 15) is 0 Å². The second kappa shape index (κ2) is 6.07. The normalized spacial score (nSPS) is 16.4. The first-order chi connectivity index (χ1) is 9.81. The van der Waals surface area contributed by atoms with Crippen molar-refractivity contribution >= 4 is 5.69 Å². The Morgan fingerprint density at radius 1 is 1.15 bits per heavy atom. The maximum Gasteiger partial charge on any atom is 0.153 e. The fraction of sp³-hybridized carbons (Fsp3) is 0.500. The van der Waals surface area contributed by atoms with Crippen LogP contribution >= 0.6 is 0 Å². The molecule has 0 aliphatic heterocycles. The summed E-state index contributed by atoms with van der Waals surface area (Å²) in [5.74, 6) is 2.58. The largest absolute Gasteiger partial charge is 0.399 e. The van der Waals surface area contributed by atoms with Crippen LogP contribution in [-0.4, -0.2) is 15.2 Å². The third kappa shape index (κ3) is 3.18. The van der Waals surface area contributed by atoms with Crippen molar-refractivity contribution in [3.8, 4) is 0 Å². The van der Waals surface area contributed by atoms with Gasteiger partial charge in [-0.15, -0.1) is 0 Å². The predicted molar refractivity (Wildman–Crippen MR) is 80.5 cm³/mol. The van der Waals surface area contributed by atoms with Gasteiger partial charge in [-0.05, 0) is 37.0 Å². The molecule has 1 aliphatic rings. The molecule has 0 spiro atoms. The summed E-state index contributed by atoms with van der Waals surface area (Å²) < 4.78 is 0. The predicted octanol–water partition coefficient (Wildman–Crippen LogP) is 3.22. The molecular weight excluding hydrogens is 248 g/mol. The third-order valence-electron chi connectivity index (χ3n) is 4.12. The van der Waals surface area contributed by atoms with Gasteiger partial charge in [-0.3, -0.25) is 5.10 Å². The quantitative estimate of drug-likeness (QED) is 0.838. The fourth-order valence-electron chi connectivity index (χ4n) is 2.98. The number of benzene rings is 1. The molecule has 1 saturated carbocycles. The highest BCUT2D eigenvalue weighted by Gasteiger charge is 2.19. The van der Waals surface area contributed by atoms with E-state index in [4.69, 9.17) is 5.73 Å². The van der Waals surface area contributed by atoms with Gasteiger partial charge >= 0.3 is 0 Å². The number of nitrogen functional groups attached to an aromatic ring is 1. The summed E-state index contributed by atoms with van der Waals surface area (Å²) in [5.41, 5.74) is 7.87. The zero-order chi connectivity index (χ0) is 13.8. The zero-order valence-corrected chi connectivity index (χ0v) is 11.8. The van der Waals surface area contributed by atoms with Crippen LogP contribution in [0, 0.1) is 0 Å². The van der Waals surface area contributed by atoms with Gasteiger partial charge in [0.25, 0.3) is 0 Å². The van der Waals surface area contributed by atoms with Crippen molar-refractivity contribution < 1.29 is 0 Å². The molecule has 1 heterocycles. The molecule has 3 N–H and O–H groups in total. The van der Waals surface area contributed by atoms with Gasteiger partial charge in [0.05, 0.1) is 0 Å². The average molecular weight is 270 g/mol. The van der Waals surface area contributed by atoms with Crippen LogP contribution in [0.2, 0.25) is 0 Å². The monoisotopic (exact) mass is 270 g/mol. The van der Waals surface area contributed by atoms with Gasteiger partial charge in [0.15, 0.2) is 5.82 Å². The Hall–Kier alpha value is -1.84. The molecule has 0 unspecified atom stereocenters. The van der Waals surface area contributed by atoms with Gasteiger partial charge in [-0.25, -0.2) is 4.98 Å². The summed E-state index contributed by atoms with van der Waals surface area (Å²) in [5, 5.41) is 7.50. The minimum absolute atomic E-state index is 0.570. The number of aromatic nitrogens is 3. The molecule has 1 aromatic carbocycles. The van der Waals surface area contributed by atoms with Crippen LogP contribution in [0.4, 0.5) is 5.69 Å². The van der Waals surface area contributed by atoms with E-state index in [1.807, 2.05) is 18.2 Å². The van der Waals surface area contributed by atoms with E-state index in [1.165, 1.54) is 37.7 Å². The van der Waals surface area contributed by atoms with E-state index in [-0.39, 0.29) is 0 Å².